The van der Waals surface area contributed by atoms with Gasteiger partial charge in [0.05, 0.1) is 5.76 Å². The predicted molar refractivity (Wildman–Crippen MR) is 52.1 cm³/mol. The lowest BCUT2D eigenvalue weighted by Crippen LogP contribution is -1.85. The standard InChI is InChI=1S/C11H16O/c1-4-9-6-10(5-2)11(7-9)8(3)12/h6-7,12H,4-5H2,1-3H3. The molecule has 0 saturated heterocycles. The largest absolute Gasteiger partial charge is 0.512 e. The maximum Gasteiger partial charge on any atom is 0.0966 e. The third-order valence-corrected chi connectivity index (χ3v) is 2.21. The van der Waals surface area contributed by atoms with Crippen LogP contribution < -0.4 is 0 Å². The molecule has 0 aromatic rings. The van der Waals surface area contributed by atoms with Crippen LogP contribution in [0.15, 0.2) is 34.6 Å². The van der Waals surface area contributed by atoms with E-state index in [2.05, 4.69) is 26.0 Å². The van der Waals surface area contributed by atoms with Crippen LogP contribution in [0.1, 0.15) is 33.6 Å². The van der Waals surface area contributed by atoms with Crippen molar-refractivity contribution in [1.82, 2.24) is 0 Å². The van der Waals surface area contributed by atoms with Crippen molar-refractivity contribution >= 4 is 0 Å². The van der Waals surface area contributed by atoms with E-state index in [1.807, 2.05) is 0 Å². The van der Waals surface area contributed by atoms with E-state index in [0.29, 0.717) is 5.76 Å². The Kier molecular flexibility index (Phi) is 2.74. The Morgan fingerprint density at radius 1 is 1.25 bits per heavy atom. The van der Waals surface area contributed by atoms with Gasteiger partial charge in [-0.25, -0.2) is 0 Å². The number of aliphatic hydroxyl groups excluding tert-OH is 1. The van der Waals surface area contributed by atoms with E-state index in [1.165, 1.54) is 11.1 Å². The van der Waals surface area contributed by atoms with Gasteiger partial charge in [0.1, 0.15) is 0 Å². The molecule has 12 heavy (non-hydrogen) atoms. The van der Waals surface area contributed by atoms with Gasteiger partial charge in [-0.2, -0.15) is 0 Å². The van der Waals surface area contributed by atoms with Gasteiger partial charge in [-0.05, 0) is 37.0 Å². The van der Waals surface area contributed by atoms with Gasteiger partial charge in [0, 0.05) is 5.57 Å². The Labute approximate surface area is 74.1 Å². The summed E-state index contributed by atoms with van der Waals surface area (Å²) in [7, 11) is 0. The van der Waals surface area contributed by atoms with E-state index in [0.717, 1.165) is 18.4 Å². The molecule has 1 nitrogen and oxygen atoms in total. The normalized spacial score (nSPS) is 20.6. The maximum absolute atomic E-state index is 9.36. The average Bonchev–Trinajstić information content (AvgIpc) is 2.47. The smallest absolute Gasteiger partial charge is 0.0966 e. The first-order valence-corrected chi connectivity index (χ1v) is 4.50. The number of hydrogen-bond acceptors (Lipinski definition) is 1. The molecule has 1 rings (SSSR count). The summed E-state index contributed by atoms with van der Waals surface area (Å²) in [4.78, 5) is 0. The molecule has 0 saturated carbocycles. The summed E-state index contributed by atoms with van der Waals surface area (Å²) in [5.41, 5.74) is 3.59. The third kappa shape index (κ3) is 1.60. The number of aliphatic hydroxyl groups is 1. The summed E-state index contributed by atoms with van der Waals surface area (Å²) < 4.78 is 0. The molecule has 0 aromatic carbocycles. The third-order valence-electron chi connectivity index (χ3n) is 2.21. The SMILES string of the molecule is CCC1=CC(=C(C)O)C(CC)=C1. The lowest BCUT2D eigenvalue weighted by molar-refractivity contribution is 0.410. The van der Waals surface area contributed by atoms with Crippen molar-refractivity contribution in [2.45, 2.75) is 33.6 Å². The summed E-state index contributed by atoms with van der Waals surface area (Å²) >= 11 is 0. The van der Waals surface area contributed by atoms with Crippen LogP contribution in [0, 0.1) is 0 Å². The van der Waals surface area contributed by atoms with Crippen LogP contribution in [0.5, 0.6) is 0 Å². The van der Waals surface area contributed by atoms with Crippen LogP contribution in [0.2, 0.25) is 0 Å². The molecule has 0 aliphatic heterocycles. The van der Waals surface area contributed by atoms with Crippen LogP contribution >= 0.6 is 0 Å². The fourth-order valence-corrected chi connectivity index (χ4v) is 1.45. The van der Waals surface area contributed by atoms with Crippen molar-refractivity contribution in [3.63, 3.8) is 0 Å². The molecule has 0 fully saturated rings. The summed E-state index contributed by atoms with van der Waals surface area (Å²) in [5, 5.41) is 9.36. The van der Waals surface area contributed by atoms with Gasteiger partial charge in [-0.15, -0.1) is 0 Å². The average molecular weight is 164 g/mol. The van der Waals surface area contributed by atoms with E-state index in [4.69, 9.17) is 0 Å². The fourth-order valence-electron chi connectivity index (χ4n) is 1.45. The highest BCUT2D eigenvalue weighted by Gasteiger charge is 2.11. The molecule has 0 radical (unpaired) electrons. The van der Waals surface area contributed by atoms with E-state index in [-0.39, 0.29) is 0 Å². The van der Waals surface area contributed by atoms with Crippen molar-refractivity contribution in [3.05, 3.63) is 34.6 Å². The van der Waals surface area contributed by atoms with Gasteiger partial charge < -0.3 is 5.11 Å². The lowest BCUT2D eigenvalue weighted by Gasteiger charge is -2.00. The second kappa shape index (κ2) is 3.61. The summed E-state index contributed by atoms with van der Waals surface area (Å²) in [6, 6.07) is 0. The number of hydrogen-bond donors (Lipinski definition) is 1. The van der Waals surface area contributed by atoms with Crippen LogP contribution in [0.4, 0.5) is 0 Å². The van der Waals surface area contributed by atoms with E-state index in [9.17, 15) is 5.11 Å². The van der Waals surface area contributed by atoms with Crippen LogP contribution in [0.3, 0.4) is 0 Å². The Bertz CT molecular complexity index is 263. The Balaban J connectivity index is 3.00. The molecule has 0 heterocycles. The molecule has 0 spiro atoms. The zero-order chi connectivity index (χ0) is 9.14. The van der Waals surface area contributed by atoms with Gasteiger partial charge in [0.25, 0.3) is 0 Å². The van der Waals surface area contributed by atoms with Gasteiger partial charge >= 0.3 is 0 Å². The molecule has 1 aliphatic rings. The van der Waals surface area contributed by atoms with Crippen LogP contribution in [-0.4, -0.2) is 5.11 Å². The molecule has 1 N–H and O–H groups in total. The van der Waals surface area contributed by atoms with Crippen LogP contribution in [-0.2, 0) is 0 Å². The Morgan fingerprint density at radius 2 is 1.92 bits per heavy atom. The van der Waals surface area contributed by atoms with Crippen molar-refractivity contribution in [2.24, 2.45) is 0 Å². The van der Waals surface area contributed by atoms with Gasteiger partial charge in [0.15, 0.2) is 0 Å². The monoisotopic (exact) mass is 164 g/mol. The Hall–Kier alpha value is -0.980. The van der Waals surface area contributed by atoms with Crippen molar-refractivity contribution in [3.8, 4) is 0 Å². The first-order chi connectivity index (χ1) is 5.69. The molecular weight excluding hydrogens is 148 g/mol. The Morgan fingerprint density at radius 3 is 2.25 bits per heavy atom. The van der Waals surface area contributed by atoms with Crippen LogP contribution in [0.25, 0.3) is 0 Å². The molecule has 0 aromatic heterocycles. The first kappa shape index (κ1) is 9.11. The summed E-state index contributed by atoms with van der Waals surface area (Å²) in [5.74, 6) is 0.437. The highest BCUT2D eigenvalue weighted by molar-refractivity contribution is 5.53. The molecule has 0 bridgehead atoms. The summed E-state index contributed by atoms with van der Waals surface area (Å²) in [6.07, 6.45) is 6.29. The van der Waals surface area contributed by atoms with E-state index < -0.39 is 0 Å². The quantitative estimate of drug-likeness (QED) is 0.619. The lowest BCUT2D eigenvalue weighted by atomic mass is 10.1. The highest BCUT2D eigenvalue weighted by Crippen LogP contribution is 2.28. The first-order valence-electron chi connectivity index (χ1n) is 4.50. The molecular formula is C11H16O. The van der Waals surface area contributed by atoms with Crippen molar-refractivity contribution < 1.29 is 5.11 Å². The minimum Gasteiger partial charge on any atom is -0.512 e. The van der Waals surface area contributed by atoms with Crippen molar-refractivity contribution in [2.75, 3.05) is 0 Å². The molecule has 1 heteroatoms. The second-order valence-corrected chi connectivity index (χ2v) is 3.10. The summed E-state index contributed by atoms with van der Waals surface area (Å²) in [6.45, 7) is 5.99. The van der Waals surface area contributed by atoms with Gasteiger partial charge in [-0.1, -0.05) is 19.9 Å². The van der Waals surface area contributed by atoms with Crippen molar-refractivity contribution in [1.29, 1.82) is 0 Å². The highest BCUT2D eigenvalue weighted by atomic mass is 16.3. The van der Waals surface area contributed by atoms with E-state index in [1.54, 1.807) is 6.92 Å². The fraction of sp³-hybridized carbons (Fsp3) is 0.455. The molecule has 1 aliphatic carbocycles. The maximum atomic E-state index is 9.36. The zero-order valence-electron chi connectivity index (χ0n) is 8.02. The van der Waals surface area contributed by atoms with E-state index >= 15 is 0 Å². The minimum atomic E-state index is 0.437. The number of allylic oxidation sites excluding steroid dienone is 6. The molecule has 0 atom stereocenters. The minimum absolute atomic E-state index is 0.437. The zero-order valence-corrected chi connectivity index (χ0v) is 8.02. The van der Waals surface area contributed by atoms with Gasteiger partial charge in [-0.3, -0.25) is 0 Å². The number of rotatable bonds is 2. The van der Waals surface area contributed by atoms with Gasteiger partial charge in [0.2, 0.25) is 0 Å². The second-order valence-electron chi connectivity index (χ2n) is 3.10. The molecule has 66 valence electrons. The molecule has 0 amide bonds. The predicted octanol–water partition coefficient (Wildman–Crippen LogP) is 3.50. The molecule has 0 unspecified atom stereocenters. The topological polar surface area (TPSA) is 20.2 Å².